The highest BCUT2D eigenvalue weighted by Crippen LogP contribution is 2.32. The summed E-state index contributed by atoms with van der Waals surface area (Å²) in [5, 5.41) is 0.789. The molecule has 0 aliphatic carbocycles. The van der Waals surface area contributed by atoms with Crippen LogP contribution in [0, 0.1) is 11.8 Å². The predicted molar refractivity (Wildman–Crippen MR) is 70.0 cm³/mol. The molecule has 1 aromatic heterocycles. The molecule has 0 unspecified atom stereocenters. The minimum Gasteiger partial charge on any atom is -0.297 e. The smallest absolute Gasteiger partial charge is 0.297 e. The van der Waals surface area contributed by atoms with E-state index in [1.54, 1.807) is 0 Å². The van der Waals surface area contributed by atoms with Gasteiger partial charge in [0, 0.05) is 11.9 Å². The van der Waals surface area contributed by atoms with Crippen LogP contribution in [0.2, 0.25) is 0 Å². The maximum atomic E-state index is 12.5. The highest BCUT2D eigenvalue weighted by atomic mass is 32.1. The van der Waals surface area contributed by atoms with E-state index in [4.69, 9.17) is 0 Å². The first kappa shape index (κ1) is 14.8. The van der Waals surface area contributed by atoms with Crippen molar-refractivity contribution in [2.24, 2.45) is 11.8 Å². The number of alkyl halides is 3. The second-order valence-electron chi connectivity index (χ2n) is 5.50. The van der Waals surface area contributed by atoms with Gasteiger partial charge in [-0.05, 0) is 37.8 Å². The Morgan fingerprint density at radius 3 is 2.47 bits per heavy atom. The molecule has 2 rings (SSSR count). The molecule has 1 aromatic rings. The van der Waals surface area contributed by atoms with Crippen LogP contribution in [-0.4, -0.2) is 23.0 Å². The van der Waals surface area contributed by atoms with Crippen LogP contribution in [-0.2, 0) is 12.7 Å². The lowest BCUT2D eigenvalue weighted by molar-refractivity contribution is -0.137. The van der Waals surface area contributed by atoms with Gasteiger partial charge >= 0.3 is 6.18 Å². The summed E-state index contributed by atoms with van der Waals surface area (Å²) in [6.07, 6.45) is -2.05. The first-order valence-corrected chi connectivity index (χ1v) is 7.48. The van der Waals surface area contributed by atoms with Crippen LogP contribution in [0.5, 0.6) is 0 Å². The molecule has 6 heteroatoms. The van der Waals surface area contributed by atoms with E-state index in [1.807, 2.05) is 0 Å². The Morgan fingerprint density at radius 1 is 1.37 bits per heavy atom. The summed E-state index contributed by atoms with van der Waals surface area (Å²) in [6.45, 7) is 6.92. The number of hydrogen-bond donors (Lipinski definition) is 0. The summed E-state index contributed by atoms with van der Waals surface area (Å²) in [5.41, 5.74) is 0.542. The largest absolute Gasteiger partial charge is 0.443 e. The third-order valence-corrected chi connectivity index (χ3v) is 4.69. The number of aromatic nitrogens is 1. The van der Waals surface area contributed by atoms with E-state index >= 15 is 0 Å². The van der Waals surface area contributed by atoms with Crippen molar-refractivity contribution >= 4 is 11.3 Å². The molecule has 0 radical (unpaired) electrons. The van der Waals surface area contributed by atoms with Crippen molar-refractivity contribution in [1.29, 1.82) is 0 Å². The molecule has 1 fully saturated rings. The van der Waals surface area contributed by atoms with Gasteiger partial charge in [0.15, 0.2) is 5.01 Å². The molecule has 1 aliphatic heterocycles. The Balaban J connectivity index is 1.87. The Labute approximate surface area is 115 Å². The fraction of sp³-hybridized carbons (Fsp3) is 0.769. The molecule has 0 atom stereocenters. The number of likely N-dealkylation sites (tertiary alicyclic amines) is 1. The zero-order valence-electron chi connectivity index (χ0n) is 11.2. The van der Waals surface area contributed by atoms with Crippen molar-refractivity contribution < 1.29 is 13.2 Å². The molecule has 1 aliphatic rings. The molecule has 0 N–H and O–H groups in total. The highest BCUT2D eigenvalue weighted by Gasteiger charge is 2.34. The second kappa shape index (κ2) is 5.79. The molecule has 108 valence electrons. The minimum absolute atomic E-state index is 0.539. The van der Waals surface area contributed by atoms with Crippen molar-refractivity contribution in [3.8, 4) is 0 Å². The molecule has 0 bridgehead atoms. The number of nitrogens with zero attached hydrogens (tertiary/aromatic N) is 2. The summed E-state index contributed by atoms with van der Waals surface area (Å²) in [7, 11) is 0. The van der Waals surface area contributed by atoms with Gasteiger partial charge in [-0.15, -0.1) is 11.3 Å². The standard InChI is InChI=1S/C13H19F3N2S/c1-9(2)10-3-5-18(6-4-10)7-11-8-19-12(17-11)13(14,15)16/h8-10H,3-7H2,1-2H3. The summed E-state index contributed by atoms with van der Waals surface area (Å²) >= 11 is 0.688. The number of halogens is 3. The fourth-order valence-electron chi connectivity index (χ4n) is 2.52. The molecule has 0 spiro atoms. The molecular weight excluding hydrogens is 273 g/mol. The maximum absolute atomic E-state index is 12.5. The van der Waals surface area contributed by atoms with Crippen LogP contribution >= 0.6 is 11.3 Å². The third kappa shape index (κ3) is 3.92. The molecule has 2 nitrogen and oxygen atoms in total. The fourth-order valence-corrected chi connectivity index (χ4v) is 3.20. The molecule has 0 aromatic carbocycles. The van der Waals surface area contributed by atoms with Crippen molar-refractivity contribution in [3.05, 3.63) is 16.1 Å². The Kier molecular flexibility index (Phi) is 4.50. The van der Waals surface area contributed by atoms with Crippen LogP contribution in [0.25, 0.3) is 0 Å². The predicted octanol–water partition coefficient (Wildman–Crippen LogP) is 4.03. The minimum atomic E-state index is -4.31. The second-order valence-corrected chi connectivity index (χ2v) is 6.36. The lowest BCUT2D eigenvalue weighted by atomic mass is 9.87. The van der Waals surface area contributed by atoms with Crippen LogP contribution in [0.15, 0.2) is 5.38 Å². The zero-order valence-corrected chi connectivity index (χ0v) is 12.0. The van der Waals surface area contributed by atoms with Crippen molar-refractivity contribution in [2.45, 2.75) is 39.4 Å². The molecule has 0 saturated carbocycles. The topological polar surface area (TPSA) is 16.1 Å². The third-order valence-electron chi connectivity index (χ3n) is 3.75. The lowest BCUT2D eigenvalue weighted by Gasteiger charge is -2.33. The lowest BCUT2D eigenvalue weighted by Crippen LogP contribution is -2.34. The summed E-state index contributed by atoms with van der Waals surface area (Å²) < 4.78 is 37.4. The van der Waals surface area contributed by atoms with Crippen molar-refractivity contribution in [3.63, 3.8) is 0 Å². The Hall–Kier alpha value is -0.620. The summed E-state index contributed by atoms with van der Waals surface area (Å²) in [4.78, 5) is 5.88. The number of thiazole rings is 1. The first-order valence-electron chi connectivity index (χ1n) is 6.60. The van der Waals surface area contributed by atoms with Gasteiger partial charge in [0.2, 0.25) is 0 Å². The molecule has 0 amide bonds. The average molecular weight is 292 g/mol. The van der Waals surface area contributed by atoms with Gasteiger partial charge in [-0.3, -0.25) is 4.90 Å². The average Bonchev–Trinajstić information content (AvgIpc) is 2.78. The first-order chi connectivity index (χ1) is 8.86. The molecule has 1 saturated heterocycles. The summed E-state index contributed by atoms with van der Waals surface area (Å²) in [5.74, 6) is 1.44. The summed E-state index contributed by atoms with van der Waals surface area (Å²) in [6, 6.07) is 0. The van der Waals surface area contributed by atoms with Crippen LogP contribution < -0.4 is 0 Å². The van der Waals surface area contributed by atoms with E-state index in [2.05, 4.69) is 23.7 Å². The number of hydrogen-bond acceptors (Lipinski definition) is 3. The quantitative estimate of drug-likeness (QED) is 0.836. The van der Waals surface area contributed by atoms with Gasteiger partial charge < -0.3 is 0 Å². The van der Waals surface area contributed by atoms with E-state index in [9.17, 15) is 13.2 Å². The van der Waals surface area contributed by atoms with Gasteiger partial charge in [-0.2, -0.15) is 13.2 Å². The SMILES string of the molecule is CC(C)C1CCN(Cc2csc(C(F)(F)F)n2)CC1. The van der Waals surface area contributed by atoms with Gasteiger partial charge in [0.1, 0.15) is 0 Å². The number of piperidine rings is 1. The molecular formula is C13H19F3N2S. The van der Waals surface area contributed by atoms with Crippen LogP contribution in [0.3, 0.4) is 0 Å². The van der Waals surface area contributed by atoms with Gasteiger partial charge in [0.25, 0.3) is 0 Å². The van der Waals surface area contributed by atoms with Gasteiger partial charge in [0.05, 0.1) is 5.69 Å². The van der Waals surface area contributed by atoms with E-state index in [0.29, 0.717) is 29.5 Å². The van der Waals surface area contributed by atoms with E-state index < -0.39 is 11.2 Å². The Bertz CT molecular complexity index is 406. The van der Waals surface area contributed by atoms with E-state index in [0.717, 1.165) is 31.8 Å². The Morgan fingerprint density at radius 2 is 2.00 bits per heavy atom. The van der Waals surface area contributed by atoms with Crippen molar-refractivity contribution in [1.82, 2.24) is 9.88 Å². The highest BCUT2D eigenvalue weighted by molar-refractivity contribution is 7.09. The number of rotatable bonds is 3. The van der Waals surface area contributed by atoms with Gasteiger partial charge in [-0.25, -0.2) is 4.98 Å². The van der Waals surface area contributed by atoms with Crippen molar-refractivity contribution in [2.75, 3.05) is 13.1 Å². The van der Waals surface area contributed by atoms with E-state index in [-0.39, 0.29) is 0 Å². The van der Waals surface area contributed by atoms with Gasteiger partial charge in [-0.1, -0.05) is 13.8 Å². The maximum Gasteiger partial charge on any atom is 0.443 e. The normalized spacial score (nSPS) is 19.3. The monoisotopic (exact) mass is 292 g/mol. The van der Waals surface area contributed by atoms with Crippen LogP contribution in [0.1, 0.15) is 37.4 Å². The van der Waals surface area contributed by atoms with E-state index in [1.165, 1.54) is 5.38 Å². The zero-order chi connectivity index (χ0) is 14.0. The molecule has 2 heterocycles. The van der Waals surface area contributed by atoms with Crippen LogP contribution in [0.4, 0.5) is 13.2 Å². The molecule has 19 heavy (non-hydrogen) atoms.